The molecule has 0 saturated heterocycles. The third-order valence-electron chi connectivity index (χ3n) is 12.3. The minimum Gasteiger partial charge on any atom is -0.394 e. The first-order valence-electron chi connectivity index (χ1n) is 18.9. The minimum absolute atomic E-state index is 0.0280. The Morgan fingerprint density at radius 2 is 1.75 bits per heavy atom. The topological polar surface area (TPSA) is 125 Å². The molecule has 2 aliphatic carbocycles. The van der Waals surface area contributed by atoms with Crippen molar-refractivity contribution in [2.45, 2.75) is 98.6 Å². The van der Waals surface area contributed by atoms with Crippen molar-refractivity contribution in [3.05, 3.63) is 83.2 Å². The van der Waals surface area contributed by atoms with Gasteiger partial charge in [-0.15, -0.1) is 0 Å². The van der Waals surface area contributed by atoms with Crippen molar-refractivity contribution in [2.24, 2.45) is 16.7 Å². The summed E-state index contributed by atoms with van der Waals surface area (Å²) in [7, 11) is -3.98. The first-order chi connectivity index (χ1) is 24.7. The number of benzene rings is 2. The number of carbonyl (C=O) groups is 2. The van der Waals surface area contributed by atoms with Crippen molar-refractivity contribution in [1.29, 1.82) is 0 Å². The van der Waals surface area contributed by atoms with Crippen molar-refractivity contribution in [2.75, 3.05) is 30.2 Å². The molecule has 280 valence electrons. The molecule has 3 atom stereocenters. The number of unbranched alkanes of at least 4 members (excludes halogenated alkanes) is 2. The summed E-state index contributed by atoms with van der Waals surface area (Å²) >= 11 is 0. The molecule has 0 radical (unpaired) electrons. The Balaban J connectivity index is 1.38. The number of sulfonamides is 1. The maximum absolute atomic E-state index is 14.7. The zero-order valence-corrected chi connectivity index (χ0v) is 32.3. The molecule has 10 nitrogen and oxygen atoms in total. The molecular formula is C41H55N5O5S. The molecule has 1 amide bonds. The van der Waals surface area contributed by atoms with E-state index < -0.39 is 26.9 Å². The molecule has 1 aliphatic heterocycles. The number of aryl methyl sites for hydroxylation is 1. The molecule has 0 unspecified atom stereocenters. The van der Waals surface area contributed by atoms with Gasteiger partial charge in [0.15, 0.2) is 0 Å². The fourth-order valence-electron chi connectivity index (χ4n) is 8.85. The predicted octanol–water partition coefficient (Wildman–Crippen LogP) is 6.75. The molecule has 3 aliphatic rings. The minimum atomic E-state index is -3.98. The standard InChI is InChI=1S/C41H55N5O5S/c1-7-9-19-44(20-10-8-2)29(4)36-21-28(3)46(42-36)37-16-15-33(43-52(50,51)27-41-18-17-32(23-38(41)48)40(41,5)6)24-35(37)39(49)45-25-31-14-12-11-13-30(31)22-34(45)26-47/h11-16,21,24,32,34,43,47H,4,7-10,17-20,22-23,25-27H2,1-3,5-6H3/t32-,34+,41-/m1/s1. The average molecular weight is 730 g/mol. The van der Waals surface area contributed by atoms with E-state index in [1.807, 2.05) is 51.1 Å². The second-order valence-electron chi connectivity index (χ2n) is 15.7. The molecular weight excluding hydrogens is 675 g/mol. The van der Waals surface area contributed by atoms with Gasteiger partial charge in [0, 0.05) is 37.4 Å². The number of hydrogen-bond acceptors (Lipinski definition) is 7. The smallest absolute Gasteiger partial charge is 0.256 e. The van der Waals surface area contributed by atoms with Crippen LogP contribution < -0.4 is 4.72 Å². The van der Waals surface area contributed by atoms with Crippen LogP contribution in [0.1, 0.15) is 106 Å². The number of hydrogen-bond donors (Lipinski definition) is 2. The molecule has 1 aromatic heterocycles. The van der Waals surface area contributed by atoms with E-state index in [4.69, 9.17) is 5.10 Å². The number of aliphatic hydroxyl groups excluding tert-OH is 1. The van der Waals surface area contributed by atoms with Gasteiger partial charge in [0.25, 0.3) is 5.91 Å². The number of fused-ring (bicyclic) bond motifs is 3. The zero-order chi connectivity index (χ0) is 37.4. The number of ketones is 1. The van der Waals surface area contributed by atoms with Crippen molar-refractivity contribution < 1.29 is 23.1 Å². The predicted molar refractivity (Wildman–Crippen MR) is 206 cm³/mol. The number of aromatic nitrogens is 2. The van der Waals surface area contributed by atoms with Gasteiger partial charge < -0.3 is 14.9 Å². The lowest BCUT2D eigenvalue weighted by molar-refractivity contribution is -0.128. The van der Waals surface area contributed by atoms with Crippen LogP contribution in [0.5, 0.6) is 0 Å². The van der Waals surface area contributed by atoms with E-state index in [1.165, 1.54) is 0 Å². The Labute approximate surface area is 309 Å². The number of Topliss-reactive ketones (excluding diaryl/α,β-unsaturated/α-hetero) is 1. The number of nitrogens with zero attached hydrogens (tertiary/aromatic N) is 4. The van der Waals surface area contributed by atoms with E-state index in [-0.39, 0.29) is 41.2 Å². The summed E-state index contributed by atoms with van der Waals surface area (Å²) in [6.07, 6.45) is 6.54. The van der Waals surface area contributed by atoms with Gasteiger partial charge in [-0.05, 0) is 85.8 Å². The van der Waals surface area contributed by atoms with E-state index in [1.54, 1.807) is 27.8 Å². The number of carbonyl (C=O) groups excluding carboxylic acids is 2. The Morgan fingerprint density at radius 1 is 1.06 bits per heavy atom. The highest BCUT2D eigenvalue weighted by Gasteiger charge is 2.65. The largest absolute Gasteiger partial charge is 0.394 e. The molecule has 11 heteroatoms. The maximum Gasteiger partial charge on any atom is 0.256 e. The molecule has 0 spiro atoms. The molecule has 2 saturated carbocycles. The second-order valence-corrected chi connectivity index (χ2v) is 17.4. The van der Waals surface area contributed by atoms with Crippen molar-refractivity contribution in [1.82, 2.24) is 19.6 Å². The van der Waals surface area contributed by atoms with E-state index in [0.717, 1.165) is 67.7 Å². The van der Waals surface area contributed by atoms with E-state index in [0.29, 0.717) is 37.2 Å². The summed E-state index contributed by atoms with van der Waals surface area (Å²) in [5, 5.41) is 15.4. The van der Waals surface area contributed by atoms with Crippen molar-refractivity contribution in [3.63, 3.8) is 0 Å². The molecule has 3 aromatic rings. The van der Waals surface area contributed by atoms with Crippen LogP contribution in [0.4, 0.5) is 5.69 Å². The van der Waals surface area contributed by atoms with E-state index in [2.05, 4.69) is 30.0 Å². The first kappa shape index (κ1) is 37.8. The fourth-order valence-corrected chi connectivity index (χ4v) is 10.7. The molecule has 52 heavy (non-hydrogen) atoms. The van der Waals surface area contributed by atoms with E-state index in [9.17, 15) is 23.1 Å². The van der Waals surface area contributed by atoms with Crippen molar-refractivity contribution in [3.8, 4) is 5.69 Å². The Morgan fingerprint density at radius 3 is 2.37 bits per heavy atom. The lowest BCUT2D eigenvalue weighted by Gasteiger charge is -2.36. The third kappa shape index (κ3) is 6.94. The lowest BCUT2D eigenvalue weighted by Crippen LogP contribution is -2.46. The molecule has 2 N–H and O–H groups in total. The molecule has 2 fully saturated rings. The number of amides is 1. The normalized spacial score (nSPS) is 22.0. The van der Waals surface area contributed by atoms with Crippen LogP contribution >= 0.6 is 0 Å². The molecule has 6 rings (SSSR count). The fraction of sp³-hybridized carbons (Fsp3) is 0.537. The second kappa shape index (κ2) is 14.8. The lowest BCUT2D eigenvalue weighted by atomic mass is 9.70. The Kier molecular flexibility index (Phi) is 10.8. The summed E-state index contributed by atoms with van der Waals surface area (Å²) in [6, 6.07) is 14.4. The average Bonchev–Trinajstić information content (AvgIpc) is 3.68. The molecule has 2 aromatic carbocycles. The maximum atomic E-state index is 14.7. The summed E-state index contributed by atoms with van der Waals surface area (Å²) in [4.78, 5) is 31.9. The van der Waals surface area contributed by atoms with Gasteiger partial charge in [0.2, 0.25) is 10.0 Å². The first-order valence-corrected chi connectivity index (χ1v) is 20.6. The van der Waals surface area contributed by atoms with Crippen molar-refractivity contribution >= 4 is 33.1 Å². The zero-order valence-electron chi connectivity index (χ0n) is 31.5. The summed E-state index contributed by atoms with van der Waals surface area (Å²) in [6.45, 7) is 16.6. The number of nitrogens with one attached hydrogen (secondary N) is 1. The highest BCUT2D eigenvalue weighted by atomic mass is 32.2. The summed E-state index contributed by atoms with van der Waals surface area (Å²) in [5.41, 5.74) is 4.09. The van der Waals surface area contributed by atoms with Crippen LogP contribution in [0.3, 0.4) is 0 Å². The van der Waals surface area contributed by atoms with Crippen LogP contribution in [0.2, 0.25) is 0 Å². The van der Waals surface area contributed by atoms with E-state index >= 15 is 0 Å². The highest BCUT2D eigenvalue weighted by molar-refractivity contribution is 7.92. The SMILES string of the molecule is C=C(c1cc(C)n(-c2ccc(NS(=O)(=O)C[C@]34CC[C@H](CC3=O)C4(C)C)cc2C(=O)N2Cc3ccccc3C[C@H]2CO)n1)N(CCCC)CCCC. The van der Waals surface area contributed by atoms with Gasteiger partial charge in [-0.2, -0.15) is 5.10 Å². The monoisotopic (exact) mass is 729 g/mol. The highest BCUT2D eigenvalue weighted by Crippen LogP contribution is 2.64. The van der Waals surface area contributed by atoms with Gasteiger partial charge in [0.05, 0.1) is 40.8 Å². The summed E-state index contributed by atoms with van der Waals surface area (Å²) in [5.74, 6) is -0.410. The van der Waals surface area contributed by atoms with Gasteiger partial charge in [-0.1, -0.05) is 71.4 Å². The summed E-state index contributed by atoms with van der Waals surface area (Å²) < 4.78 is 32.2. The van der Waals surface area contributed by atoms with Crippen LogP contribution in [-0.4, -0.2) is 76.3 Å². The number of aliphatic hydroxyl groups is 1. The molecule has 2 bridgehead atoms. The van der Waals surface area contributed by atoms with Gasteiger partial charge in [-0.25, -0.2) is 13.1 Å². The quantitative estimate of drug-likeness (QED) is 0.177. The molecule has 2 heterocycles. The van der Waals surface area contributed by atoms with Crippen LogP contribution in [0, 0.1) is 23.7 Å². The number of anilines is 1. The Bertz CT molecular complexity index is 1940. The number of rotatable bonds is 15. The van der Waals surface area contributed by atoms with Gasteiger partial charge in [-0.3, -0.25) is 14.3 Å². The third-order valence-corrected chi connectivity index (χ3v) is 13.7. The van der Waals surface area contributed by atoms with Crippen LogP contribution in [0.25, 0.3) is 11.4 Å². The van der Waals surface area contributed by atoms with Gasteiger partial charge in [0.1, 0.15) is 11.5 Å². The van der Waals surface area contributed by atoms with Gasteiger partial charge >= 0.3 is 0 Å². The van der Waals surface area contributed by atoms with Crippen LogP contribution in [0.15, 0.2) is 55.1 Å². The van der Waals surface area contributed by atoms with Crippen LogP contribution in [-0.2, 0) is 27.8 Å². The Hall–Kier alpha value is -3.96.